The molecule has 1 unspecified atom stereocenters. The molecule has 1 amide bonds. The molecule has 0 saturated heterocycles. The van der Waals surface area contributed by atoms with Crippen LogP contribution in [0, 0.1) is 5.92 Å². The third-order valence-corrected chi connectivity index (χ3v) is 2.02. The van der Waals surface area contributed by atoms with Gasteiger partial charge in [-0.25, -0.2) is 0 Å². The predicted molar refractivity (Wildman–Crippen MR) is 54.0 cm³/mol. The zero-order chi connectivity index (χ0) is 11.0. The van der Waals surface area contributed by atoms with E-state index in [1.54, 1.807) is 0 Å². The number of rotatable bonds is 7. The minimum atomic E-state index is -0.922. The SMILES string of the molecule is CCCCCNC(=O)CC(C)C(=O)O. The van der Waals surface area contributed by atoms with E-state index in [0.717, 1.165) is 19.3 Å². The molecule has 0 aromatic rings. The van der Waals surface area contributed by atoms with Crippen LogP contribution in [0.15, 0.2) is 0 Å². The molecule has 0 fully saturated rings. The first-order valence-electron chi connectivity index (χ1n) is 5.07. The molecule has 0 aliphatic carbocycles. The second kappa shape index (κ2) is 7.35. The van der Waals surface area contributed by atoms with E-state index in [4.69, 9.17) is 5.11 Å². The third-order valence-electron chi connectivity index (χ3n) is 2.02. The van der Waals surface area contributed by atoms with Crippen molar-refractivity contribution in [3.8, 4) is 0 Å². The molecule has 4 heteroatoms. The van der Waals surface area contributed by atoms with Crippen molar-refractivity contribution >= 4 is 11.9 Å². The summed E-state index contributed by atoms with van der Waals surface area (Å²) in [6.07, 6.45) is 3.24. The van der Waals surface area contributed by atoms with Gasteiger partial charge in [-0.3, -0.25) is 9.59 Å². The average Bonchev–Trinajstić information content (AvgIpc) is 2.12. The summed E-state index contributed by atoms with van der Waals surface area (Å²) >= 11 is 0. The number of carboxylic acids is 1. The van der Waals surface area contributed by atoms with Crippen LogP contribution in [-0.4, -0.2) is 23.5 Å². The summed E-state index contributed by atoms with van der Waals surface area (Å²) in [5.74, 6) is -1.69. The minimum Gasteiger partial charge on any atom is -0.481 e. The van der Waals surface area contributed by atoms with E-state index in [-0.39, 0.29) is 12.3 Å². The zero-order valence-electron chi connectivity index (χ0n) is 8.88. The Labute approximate surface area is 84.7 Å². The highest BCUT2D eigenvalue weighted by Crippen LogP contribution is 2.01. The number of aliphatic carboxylic acids is 1. The normalized spacial score (nSPS) is 12.1. The fraction of sp³-hybridized carbons (Fsp3) is 0.800. The quantitative estimate of drug-likeness (QED) is 0.612. The molecule has 0 bridgehead atoms. The molecule has 4 nitrogen and oxygen atoms in total. The first-order valence-corrected chi connectivity index (χ1v) is 5.07. The number of carboxylic acid groups (broad SMARTS) is 1. The number of carbonyl (C=O) groups is 2. The van der Waals surface area contributed by atoms with Gasteiger partial charge in [0.25, 0.3) is 0 Å². The number of unbranched alkanes of at least 4 members (excludes halogenated alkanes) is 2. The maximum atomic E-state index is 11.1. The summed E-state index contributed by atoms with van der Waals surface area (Å²) in [6, 6.07) is 0. The van der Waals surface area contributed by atoms with Gasteiger partial charge in [0.1, 0.15) is 0 Å². The van der Waals surface area contributed by atoms with E-state index in [1.807, 2.05) is 0 Å². The van der Waals surface area contributed by atoms with E-state index in [1.165, 1.54) is 6.92 Å². The lowest BCUT2D eigenvalue weighted by atomic mass is 10.1. The van der Waals surface area contributed by atoms with E-state index in [9.17, 15) is 9.59 Å². The van der Waals surface area contributed by atoms with Crippen molar-refractivity contribution in [2.24, 2.45) is 5.92 Å². The van der Waals surface area contributed by atoms with Gasteiger partial charge in [-0.05, 0) is 6.42 Å². The lowest BCUT2D eigenvalue weighted by Crippen LogP contribution is -2.27. The van der Waals surface area contributed by atoms with Crippen LogP contribution >= 0.6 is 0 Å². The first kappa shape index (κ1) is 12.9. The number of carbonyl (C=O) groups excluding carboxylic acids is 1. The Morgan fingerprint density at radius 2 is 2.00 bits per heavy atom. The molecule has 1 atom stereocenters. The van der Waals surface area contributed by atoms with Crippen LogP contribution in [0.3, 0.4) is 0 Å². The molecule has 0 spiro atoms. The average molecular weight is 201 g/mol. The lowest BCUT2D eigenvalue weighted by Gasteiger charge is -2.06. The zero-order valence-corrected chi connectivity index (χ0v) is 8.88. The van der Waals surface area contributed by atoms with Gasteiger partial charge in [0.05, 0.1) is 5.92 Å². The Balaban J connectivity index is 3.50. The Kier molecular flexibility index (Phi) is 6.80. The van der Waals surface area contributed by atoms with Crippen LogP contribution in [0.2, 0.25) is 0 Å². The van der Waals surface area contributed by atoms with E-state index in [2.05, 4.69) is 12.2 Å². The van der Waals surface area contributed by atoms with Gasteiger partial charge in [-0.1, -0.05) is 26.7 Å². The molecule has 2 N–H and O–H groups in total. The summed E-state index contributed by atoms with van der Waals surface area (Å²) in [5.41, 5.74) is 0. The minimum absolute atomic E-state index is 0.0709. The maximum Gasteiger partial charge on any atom is 0.306 e. The predicted octanol–water partition coefficient (Wildman–Crippen LogP) is 1.40. The van der Waals surface area contributed by atoms with Crippen LogP contribution in [0.1, 0.15) is 39.5 Å². The maximum absolute atomic E-state index is 11.1. The molecule has 82 valence electrons. The highest BCUT2D eigenvalue weighted by atomic mass is 16.4. The highest BCUT2D eigenvalue weighted by molar-refractivity contribution is 5.81. The van der Waals surface area contributed by atoms with Gasteiger partial charge < -0.3 is 10.4 Å². The van der Waals surface area contributed by atoms with Crippen molar-refractivity contribution in [3.05, 3.63) is 0 Å². The molecular formula is C10H19NO3. The van der Waals surface area contributed by atoms with Crippen molar-refractivity contribution in [3.63, 3.8) is 0 Å². The second-order valence-corrected chi connectivity index (χ2v) is 3.50. The van der Waals surface area contributed by atoms with Crippen molar-refractivity contribution in [2.75, 3.05) is 6.54 Å². The topological polar surface area (TPSA) is 66.4 Å². The molecule has 0 heterocycles. The summed E-state index contributed by atoms with van der Waals surface area (Å²) in [6.45, 7) is 4.28. The standard InChI is InChI=1S/C10H19NO3/c1-3-4-5-6-11-9(12)7-8(2)10(13)14/h8H,3-7H2,1-2H3,(H,11,12)(H,13,14). The molecule has 0 aliphatic heterocycles. The molecule has 0 aromatic carbocycles. The Morgan fingerprint density at radius 3 is 2.50 bits per heavy atom. The molecule has 0 saturated carbocycles. The largest absolute Gasteiger partial charge is 0.481 e. The first-order chi connectivity index (χ1) is 6.57. The number of hydrogen-bond donors (Lipinski definition) is 2. The van der Waals surface area contributed by atoms with Crippen molar-refractivity contribution in [2.45, 2.75) is 39.5 Å². The fourth-order valence-corrected chi connectivity index (χ4v) is 1.04. The van der Waals surface area contributed by atoms with Crippen molar-refractivity contribution < 1.29 is 14.7 Å². The van der Waals surface area contributed by atoms with E-state index in [0.29, 0.717) is 6.54 Å². The molecule has 0 aliphatic rings. The van der Waals surface area contributed by atoms with Gasteiger partial charge in [0, 0.05) is 13.0 Å². The molecule has 0 rings (SSSR count). The number of nitrogens with one attached hydrogen (secondary N) is 1. The number of hydrogen-bond acceptors (Lipinski definition) is 2. The second-order valence-electron chi connectivity index (χ2n) is 3.50. The summed E-state index contributed by atoms with van der Waals surface area (Å²) in [4.78, 5) is 21.6. The number of amides is 1. The molecule has 0 radical (unpaired) electrons. The summed E-state index contributed by atoms with van der Waals surface area (Å²) in [5, 5.41) is 11.3. The van der Waals surface area contributed by atoms with Crippen molar-refractivity contribution in [1.29, 1.82) is 0 Å². The van der Waals surface area contributed by atoms with Gasteiger partial charge in [0.15, 0.2) is 0 Å². The van der Waals surface area contributed by atoms with Gasteiger partial charge >= 0.3 is 5.97 Å². The van der Waals surface area contributed by atoms with Crippen LogP contribution < -0.4 is 5.32 Å². The molecule has 0 aromatic heterocycles. The van der Waals surface area contributed by atoms with E-state index < -0.39 is 11.9 Å². The smallest absolute Gasteiger partial charge is 0.306 e. The van der Waals surface area contributed by atoms with Gasteiger partial charge in [-0.15, -0.1) is 0 Å². The van der Waals surface area contributed by atoms with Gasteiger partial charge in [-0.2, -0.15) is 0 Å². The van der Waals surface area contributed by atoms with Crippen LogP contribution in [-0.2, 0) is 9.59 Å². The highest BCUT2D eigenvalue weighted by Gasteiger charge is 2.14. The Morgan fingerprint density at radius 1 is 1.36 bits per heavy atom. The lowest BCUT2D eigenvalue weighted by molar-refractivity contribution is -0.143. The molecular weight excluding hydrogens is 182 g/mol. The fourth-order valence-electron chi connectivity index (χ4n) is 1.04. The summed E-state index contributed by atoms with van der Waals surface area (Å²) in [7, 11) is 0. The monoisotopic (exact) mass is 201 g/mol. The van der Waals surface area contributed by atoms with E-state index >= 15 is 0 Å². The molecule has 14 heavy (non-hydrogen) atoms. The van der Waals surface area contributed by atoms with Crippen LogP contribution in [0.25, 0.3) is 0 Å². The Bertz CT molecular complexity index is 192. The van der Waals surface area contributed by atoms with Crippen LogP contribution in [0.4, 0.5) is 0 Å². The third kappa shape index (κ3) is 6.46. The van der Waals surface area contributed by atoms with Crippen molar-refractivity contribution in [1.82, 2.24) is 5.32 Å². The Hall–Kier alpha value is -1.06. The van der Waals surface area contributed by atoms with Gasteiger partial charge in [0.2, 0.25) is 5.91 Å². The summed E-state index contributed by atoms with van der Waals surface area (Å²) < 4.78 is 0. The van der Waals surface area contributed by atoms with Crippen LogP contribution in [0.5, 0.6) is 0 Å².